The minimum atomic E-state index is -1.78. The zero-order valence-electron chi connectivity index (χ0n) is 17.6. The molecule has 0 fully saturated rings. The van der Waals surface area contributed by atoms with E-state index in [9.17, 15) is 4.79 Å². The molecule has 0 aliphatic carbocycles. The maximum Gasteiger partial charge on any atom is 0.334 e. The van der Waals surface area contributed by atoms with Gasteiger partial charge in [0.05, 0.1) is 7.11 Å². The fraction of sp³-hybridized carbons (Fsp3) is 0.522. The van der Waals surface area contributed by atoms with Gasteiger partial charge in [-0.25, -0.2) is 4.79 Å². The van der Waals surface area contributed by atoms with Gasteiger partial charge in [0.15, 0.2) is 0 Å². The van der Waals surface area contributed by atoms with Gasteiger partial charge in [-0.05, 0) is 40.8 Å². The SMILES string of the molecule is COC(=O)/C(=C/c1ccccc1C)CC#C[Si](C(C)C)(C(C)C)C(C)C. The van der Waals surface area contributed by atoms with E-state index in [4.69, 9.17) is 4.74 Å². The lowest BCUT2D eigenvalue weighted by molar-refractivity contribution is -0.136. The summed E-state index contributed by atoms with van der Waals surface area (Å²) in [6.07, 6.45) is 2.35. The van der Waals surface area contributed by atoms with Crippen LogP contribution in [0, 0.1) is 18.4 Å². The molecular weight excluding hydrogens is 336 g/mol. The van der Waals surface area contributed by atoms with Gasteiger partial charge in [-0.15, -0.1) is 11.5 Å². The standard InChI is InChI=1S/C23H34O2Si/c1-17(2)26(18(3)4,19(5)6)15-11-14-22(23(24)25-8)16-21-13-10-9-12-20(21)7/h9-10,12-13,16-19H,14H2,1-8H3/b22-16+. The van der Waals surface area contributed by atoms with Crippen LogP contribution in [0.5, 0.6) is 0 Å². The number of methoxy groups -OCH3 is 1. The molecule has 142 valence electrons. The minimum absolute atomic E-state index is 0.298. The Labute approximate surface area is 161 Å². The molecule has 0 radical (unpaired) electrons. The van der Waals surface area contributed by atoms with Crippen LogP contribution in [-0.2, 0) is 9.53 Å². The second-order valence-electron chi connectivity index (χ2n) is 7.89. The highest BCUT2D eigenvalue weighted by Crippen LogP contribution is 2.40. The first-order valence-corrected chi connectivity index (χ1v) is 11.7. The summed E-state index contributed by atoms with van der Waals surface area (Å²) in [5.74, 6) is 3.07. The normalized spacial score (nSPS) is 12.3. The van der Waals surface area contributed by atoms with Crippen LogP contribution in [0.2, 0.25) is 16.6 Å². The second-order valence-corrected chi connectivity index (χ2v) is 13.5. The van der Waals surface area contributed by atoms with Crippen molar-refractivity contribution >= 4 is 20.1 Å². The third-order valence-electron chi connectivity index (χ3n) is 5.42. The molecule has 2 nitrogen and oxygen atoms in total. The molecule has 0 bridgehead atoms. The number of aryl methyl sites for hydroxylation is 1. The molecule has 1 aromatic carbocycles. The van der Waals surface area contributed by atoms with Gasteiger partial charge in [0, 0.05) is 12.0 Å². The van der Waals surface area contributed by atoms with Gasteiger partial charge in [-0.3, -0.25) is 0 Å². The van der Waals surface area contributed by atoms with Crippen molar-refractivity contribution in [2.75, 3.05) is 7.11 Å². The number of esters is 1. The molecule has 0 aromatic heterocycles. The lowest BCUT2D eigenvalue weighted by Crippen LogP contribution is -2.43. The van der Waals surface area contributed by atoms with E-state index in [1.54, 1.807) is 0 Å². The predicted molar refractivity (Wildman–Crippen MR) is 115 cm³/mol. The molecule has 0 spiro atoms. The van der Waals surface area contributed by atoms with E-state index in [0.717, 1.165) is 11.1 Å². The molecule has 1 aromatic rings. The highest BCUT2D eigenvalue weighted by Gasteiger charge is 2.41. The number of carbonyl (C=O) groups is 1. The van der Waals surface area contributed by atoms with Gasteiger partial charge in [0.25, 0.3) is 0 Å². The third kappa shape index (κ3) is 5.11. The molecule has 0 aliphatic heterocycles. The molecule has 0 N–H and O–H groups in total. The number of carbonyl (C=O) groups excluding carboxylic acids is 1. The first-order valence-electron chi connectivity index (χ1n) is 9.51. The quantitative estimate of drug-likeness (QED) is 0.259. The Balaban J connectivity index is 3.25. The summed E-state index contributed by atoms with van der Waals surface area (Å²) in [5, 5.41) is 0. The maximum absolute atomic E-state index is 12.2. The fourth-order valence-corrected chi connectivity index (χ4v) is 9.24. The van der Waals surface area contributed by atoms with Crippen molar-refractivity contribution in [1.29, 1.82) is 0 Å². The summed E-state index contributed by atoms with van der Waals surface area (Å²) in [5.41, 5.74) is 8.22. The molecule has 0 atom stereocenters. The number of ether oxygens (including phenoxy) is 1. The highest BCUT2D eigenvalue weighted by atomic mass is 28.3. The lowest BCUT2D eigenvalue weighted by Gasteiger charge is -2.38. The van der Waals surface area contributed by atoms with E-state index in [-0.39, 0.29) is 5.97 Å². The predicted octanol–water partition coefficient (Wildman–Crippen LogP) is 6.16. The summed E-state index contributed by atoms with van der Waals surface area (Å²) in [6.45, 7) is 15.8. The Hall–Kier alpha value is -1.79. The van der Waals surface area contributed by atoms with E-state index >= 15 is 0 Å². The van der Waals surface area contributed by atoms with Gasteiger partial charge in [-0.1, -0.05) is 65.8 Å². The highest BCUT2D eigenvalue weighted by molar-refractivity contribution is 6.90. The Morgan fingerprint density at radius 3 is 2.08 bits per heavy atom. The molecule has 26 heavy (non-hydrogen) atoms. The average molecular weight is 371 g/mol. The van der Waals surface area contributed by atoms with E-state index in [1.165, 1.54) is 7.11 Å². The molecule has 1 rings (SSSR count). The van der Waals surface area contributed by atoms with Gasteiger partial charge in [0.1, 0.15) is 8.07 Å². The largest absolute Gasteiger partial charge is 0.466 e. The van der Waals surface area contributed by atoms with Crippen LogP contribution in [0.15, 0.2) is 29.8 Å². The van der Waals surface area contributed by atoms with Crippen LogP contribution in [0.3, 0.4) is 0 Å². The summed E-state index contributed by atoms with van der Waals surface area (Å²) in [7, 11) is -0.355. The van der Waals surface area contributed by atoms with Crippen molar-refractivity contribution in [3.63, 3.8) is 0 Å². The molecule has 0 aliphatic rings. The number of benzene rings is 1. The summed E-state index contributed by atoms with van der Waals surface area (Å²) in [6, 6.07) is 8.04. The Morgan fingerprint density at radius 1 is 1.08 bits per heavy atom. The van der Waals surface area contributed by atoms with Crippen molar-refractivity contribution in [1.82, 2.24) is 0 Å². The molecular formula is C23H34O2Si. The van der Waals surface area contributed by atoms with E-state index in [0.29, 0.717) is 28.6 Å². The van der Waals surface area contributed by atoms with Crippen molar-refractivity contribution in [3.05, 3.63) is 41.0 Å². The zero-order valence-corrected chi connectivity index (χ0v) is 18.6. The molecule has 0 heterocycles. The van der Waals surface area contributed by atoms with Gasteiger partial charge in [0.2, 0.25) is 0 Å². The smallest absolute Gasteiger partial charge is 0.334 e. The third-order valence-corrected chi connectivity index (χ3v) is 11.8. The van der Waals surface area contributed by atoms with Gasteiger partial charge < -0.3 is 4.74 Å². The van der Waals surface area contributed by atoms with Crippen LogP contribution in [0.1, 0.15) is 59.1 Å². The monoisotopic (exact) mass is 370 g/mol. The second kappa shape index (κ2) is 9.78. The van der Waals surface area contributed by atoms with Crippen molar-refractivity contribution in [3.8, 4) is 11.5 Å². The van der Waals surface area contributed by atoms with Crippen molar-refractivity contribution in [2.24, 2.45) is 0 Å². The van der Waals surface area contributed by atoms with Crippen LogP contribution in [0.4, 0.5) is 0 Å². The fourth-order valence-electron chi connectivity index (χ4n) is 3.98. The Bertz CT molecular complexity index is 681. The Kier molecular flexibility index (Phi) is 8.37. The number of hydrogen-bond acceptors (Lipinski definition) is 2. The zero-order chi connectivity index (χ0) is 19.9. The topological polar surface area (TPSA) is 26.3 Å². The maximum atomic E-state index is 12.2. The van der Waals surface area contributed by atoms with Crippen LogP contribution < -0.4 is 0 Å². The summed E-state index contributed by atoms with van der Waals surface area (Å²) < 4.78 is 4.99. The van der Waals surface area contributed by atoms with E-state index in [2.05, 4.69) is 53.0 Å². The van der Waals surface area contributed by atoms with E-state index < -0.39 is 8.07 Å². The number of hydrogen-bond donors (Lipinski definition) is 0. The summed E-state index contributed by atoms with van der Waals surface area (Å²) in [4.78, 5) is 12.2. The molecule has 0 saturated carbocycles. The average Bonchev–Trinajstić information content (AvgIpc) is 2.57. The molecule has 0 unspecified atom stereocenters. The molecule has 0 saturated heterocycles. The van der Waals surface area contributed by atoms with Crippen LogP contribution in [0.25, 0.3) is 6.08 Å². The summed E-state index contributed by atoms with van der Waals surface area (Å²) >= 11 is 0. The molecule has 3 heteroatoms. The van der Waals surface area contributed by atoms with Gasteiger partial charge >= 0.3 is 5.97 Å². The molecule has 0 amide bonds. The Morgan fingerprint density at radius 2 is 1.62 bits per heavy atom. The first kappa shape index (κ1) is 22.2. The minimum Gasteiger partial charge on any atom is -0.466 e. The van der Waals surface area contributed by atoms with Crippen LogP contribution in [-0.4, -0.2) is 21.2 Å². The van der Waals surface area contributed by atoms with Crippen LogP contribution >= 0.6 is 0 Å². The van der Waals surface area contributed by atoms with Crippen molar-refractivity contribution in [2.45, 2.75) is 71.5 Å². The lowest BCUT2D eigenvalue weighted by atomic mass is 10.0. The first-order chi connectivity index (χ1) is 12.2. The number of rotatable bonds is 6. The van der Waals surface area contributed by atoms with E-state index in [1.807, 2.05) is 37.3 Å². The van der Waals surface area contributed by atoms with Crippen molar-refractivity contribution < 1.29 is 9.53 Å². The van der Waals surface area contributed by atoms with Gasteiger partial charge in [-0.2, -0.15) is 0 Å².